The predicted octanol–water partition coefficient (Wildman–Crippen LogP) is 4.21. The van der Waals surface area contributed by atoms with E-state index in [4.69, 9.17) is 16.3 Å². The van der Waals surface area contributed by atoms with Crippen LogP contribution in [0.3, 0.4) is 0 Å². The first-order valence-corrected chi connectivity index (χ1v) is 10.4. The Labute approximate surface area is 174 Å². The van der Waals surface area contributed by atoms with Gasteiger partial charge < -0.3 is 4.74 Å². The fourth-order valence-corrected chi connectivity index (χ4v) is 4.38. The monoisotopic (exact) mass is 458 g/mol. The summed E-state index contributed by atoms with van der Waals surface area (Å²) in [5, 5.41) is -0.213. The third-order valence-corrected chi connectivity index (χ3v) is 6.18. The van der Waals surface area contributed by atoms with Crippen molar-refractivity contribution in [1.82, 2.24) is 9.55 Å². The van der Waals surface area contributed by atoms with Crippen LogP contribution < -0.4 is 4.74 Å². The largest absolute Gasteiger partial charge is 0.495 e. The first-order valence-electron chi connectivity index (χ1n) is 8.34. The highest BCUT2D eigenvalue weighted by Crippen LogP contribution is 2.31. The standard InChI is InChI=1S/C19H14ClF3N2O4S/c1-29-15-4-2-3-5-16(15)30(27,28)10-14(26)17-18(20)25(11-24-17)13-8-6-12(7-9-13)19(21,22)23/h2-9,11H,10H2,1H3. The molecule has 0 aliphatic rings. The summed E-state index contributed by atoms with van der Waals surface area (Å²) in [6.45, 7) is 0. The molecule has 3 aromatic rings. The van der Waals surface area contributed by atoms with Crippen molar-refractivity contribution in [2.75, 3.05) is 12.9 Å². The van der Waals surface area contributed by atoms with Crippen molar-refractivity contribution in [2.45, 2.75) is 11.1 Å². The van der Waals surface area contributed by atoms with Gasteiger partial charge in [0.25, 0.3) is 0 Å². The van der Waals surface area contributed by atoms with E-state index < -0.39 is 33.1 Å². The number of para-hydroxylation sites is 1. The molecule has 0 fully saturated rings. The number of hydrogen-bond acceptors (Lipinski definition) is 5. The predicted molar refractivity (Wildman–Crippen MR) is 103 cm³/mol. The molecule has 0 spiro atoms. The zero-order chi connectivity index (χ0) is 22.1. The van der Waals surface area contributed by atoms with Gasteiger partial charge in [-0.3, -0.25) is 9.36 Å². The van der Waals surface area contributed by atoms with E-state index in [1.807, 2.05) is 0 Å². The molecule has 2 aromatic carbocycles. The molecule has 0 N–H and O–H groups in total. The highest BCUT2D eigenvalue weighted by atomic mass is 35.5. The zero-order valence-corrected chi connectivity index (χ0v) is 16.9. The highest BCUT2D eigenvalue weighted by molar-refractivity contribution is 7.92. The van der Waals surface area contributed by atoms with Gasteiger partial charge in [0.2, 0.25) is 0 Å². The fraction of sp³-hybridized carbons (Fsp3) is 0.158. The third kappa shape index (κ3) is 4.34. The smallest absolute Gasteiger partial charge is 0.416 e. The first-order chi connectivity index (χ1) is 14.0. The maximum absolute atomic E-state index is 12.7. The second-order valence-corrected chi connectivity index (χ2v) is 8.45. The summed E-state index contributed by atoms with van der Waals surface area (Å²) in [6.07, 6.45) is -3.36. The molecule has 11 heteroatoms. The topological polar surface area (TPSA) is 78.3 Å². The minimum absolute atomic E-state index is 0.0895. The van der Waals surface area contributed by atoms with E-state index in [1.54, 1.807) is 6.07 Å². The molecule has 0 saturated heterocycles. The summed E-state index contributed by atoms with van der Waals surface area (Å²) in [5.41, 5.74) is -0.927. The van der Waals surface area contributed by atoms with Gasteiger partial charge in [-0.2, -0.15) is 13.2 Å². The Bertz CT molecular complexity index is 1190. The zero-order valence-electron chi connectivity index (χ0n) is 15.4. The lowest BCUT2D eigenvalue weighted by atomic mass is 10.2. The van der Waals surface area contributed by atoms with Crippen LogP contribution in [0.1, 0.15) is 16.1 Å². The number of ether oxygens (including phenoxy) is 1. The summed E-state index contributed by atoms with van der Waals surface area (Å²) >= 11 is 6.15. The van der Waals surface area contributed by atoms with Gasteiger partial charge in [0.1, 0.15) is 33.6 Å². The maximum Gasteiger partial charge on any atom is 0.416 e. The number of nitrogens with zero attached hydrogens (tertiary/aromatic N) is 2. The van der Waals surface area contributed by atoms with Crippen molar-refractivity contribution >= 4 is 27.2 Å². The molecule has 0 aliphatic carbocycles. The van der Waals surface area contributed by atoms with Gasteiger partial charge in [-0.05, 0) is 36.4 Å². The van der Waals surface area contributed by atoms with Crippen LogP contribution in [0.5, 0.6) is 5.75 Å². The van der Waals surface area contributed by atoms with E-state index in [9.17, 15) is 26.4 Å². The lowest BCUT2D eigenvalue weighted by Gasteiger charge is -2.09. The van der Waals surface area contributed by atoms with Gasteiger partial charge in [0.15, 0.2) is 15.6 Å². The Balaban J connectivity index is 1.88. The number of alkyl halides is 3. The quantitative estimate of drug-likeness (QED) is 0.517. The lowest BCUT2D eigenvalue weighted by Crippen LogP contribution is -2.18. The summed E-state index contributed by atoms with van der Waals surface area (Å²) in [6, 6.07) is 9.88. The van der Waals surface area contributed by atoms with Gasteiger partial charge in [-0.25, -0.2) is 13.4 Å². The van der Waals surface area contributed by atoms with Crippen LogP contribution in [0.2, 0.25) is 5.15 Å². The number of methoxy groups -OCH3 is 1. The van der Waals surface area contributed by atoms with Gasteiger partial charge in [0, 0.05) is 5.69 Å². The van der Waals surface area contributed by atoms with E-state index in [0.29, 0.717) is 0 Å². The number of ketones is 1. The van der Waals surface area contributed by atoms with Crippen molar-refractivity contribution in [2.24, 2.45) is 0 Å². The summed E-state index contributed by atoms with van der Waals surface area (Å²) < 4.78 is 69.6. The van der Waals surface area contributed by atoms with E-state index in [2.05, 4.69) is 4.98 Å². The third-order valence-electron chi connectivity index (χ3n) is 4.17. The molecule has 30 heavy (non-hydrogen) atoms. The molecule has 1 aromatic heterocycles. The number of sulfone groups is 1. The number of carbonyl (C=O) groups excluding carboxylic acids is 1. The number of rotatable bonds is 6. The van der Waals surface area contributed by atoms with Gasteiger partial charge in [0.05, 0.1) is 12.7 Å². The molecular weight excluding hydrogens is 445 g/mol. The van der Waals surface area contributed by atoms with Crippen LogP contribution >= 0.6 is 11.6 Å². The summed E-state index contributed by atoms with van der Waals surface area (Å²) in [5.74, 6) is -1.68. The van der Waals surface area contributed by atoms with Gasteiger partial charge in [-0.1, -0.05) is 23.7 Å². The normalized spacial score (nSPS) is 12.0. The molecule has 1 heterocycles. The Morgan fingerprint density at radius 2 is 1.77 bits per heavy atom. The van der Waals surface area contributed by atoms with Crippen molar-refractivity contribution in [3.63, 3.8) is 0 Å². The average molecular weight is 459 g/mol. The number of aromatic nitrogens is 2. The van der Waals surface area contributed by atoms with Crippen LogP contribution in [-0.4, -0.2) is 36.6 Å². The SMILES string of the molecule is COc1ccccc1S(=O)(=O)CC(=O)c1ncn(-c2ccc(C(F)(F)F)cc2)c1Cl. The number of benzene rings is 2. The van der Waals surface area contributed by atoms with Crippen LogP contribution in [0.4, 0.5) is 13.2 Å². The molecule has 158 valence electrons. The Kier molecular flexibility index (Phi) is 5.91. The number of halogens is 4. The summed E-state index contributed by atoms with van der Waals surface area (Å²) in [7, 11) is -2.75. The van der Waals surface area contributed by atoms with E-state index in [0.717, 1.165) is 30.6 Å². The van der Waals surface area contributed by atoms with Crippen LogP contribution in [-0.2, 0) is 16.0 Å². The molecule has 0 radical (unpaired) electrons. The highest BCUT2D eigenvalue weighted by Gasteiger charge is 2.30. The van der Waals surface area contributed by atoms with Gasteiger partial charge >= 0.3 is 6.18 Å². The fourth-order valence-electron chi connectivity index (χ4n) is 2.71. The maximum atomic E-state index is 12.7. The number of Topliss-reactive ketones (excluding diaryl/α,β-unsaturated/α-hetero) is 1. The van der Waals surface area contributed by atoms with E-state index in [1.165, 1.54) is 29.9 Å². The van der Waals surface area contributed by atoms with Crippen molar-refractivity contribution < 1.29 is 31.1 Å². The van der Waals surface area contributed by atoms with Crippen molar-refractivity contribution in [3.05, 3.63) is 71.3 Å². The Hall–Kier alpha value is -2.85. The second kappa shape index (κ2) is 8.11. The number of imidazole rings is 1. The molecule has 0 atom stereocenters. The minimum atomic E-state index is -4.49. The van der Waals surface area contributed by atoms with Crippen molar-refractivity contribution in [1.29, 1.82) is 0 Å². The first kappa shape index (κ1) is 21.8. The van der Waals surface area contributed by atoms with Crippen LogP contribution in [0, 0.1) is 0 Å². The average Bonchev–Trinajstić information content (AvgIpc) is 3.08. The molecular formula is C19H14ClF3N2O4S. The van der Waals surface area contributed by atoms with E-state index in [-0.39, 0.29) is 27.2 Å². The molecule has 0 saturated carbocycles. The molecule has 3 rings (SSSR count). The Morgan fingerprint density at radius 1 is 1.13 bits per heavy atom. The lowest BCUT2D eigenvalue weighted by molar-refractivity contribution is -0.137. The number of hydrogen-bond donors (Lipinski definition) is 0. The van der Waals surface area contributed by atoms with Crippen LogP contribution in [0.15, 0.2) is 59.8 Å². The molecule has 0 aliphatic heterocycles. The minimum Gasteiger partial charge on any atom is -0.495 e. The Morgan fingerprint density at radius 3 is 2.37 bits per heavy atom. The molecule has 0 unspecified atom stereocenters. The number of carbonyl (C=O) groups is 1. The second-order valence-electron chi connectivity index (χ2n) is 6.13. The van der Waals surface area contributed by atoms with Gasteiger partial charge in [-0.15, -0.1) is 0 Å². The van der Waals surface area contributed by atoms with Crippen molar-refractivity contribution in [3.8, 4) is 11.4 Å². The summed E-state index contributed by atoms with van der Waals surface area (Å²) in [4.78, 5) is 16.2. The van der Waals surface area contributed by atoms with E-state index >= 15 is 0 Å². The molecule has 0 amide bonds. The van der Waals surface area contributed by atoms with Crippen LogP contribution in [0.25, 0.3) is 5.69 Å². The molecule has 6 nitrogen and oxygen atoms in total. The molecule has 0 bridgehead atoms.